The highest BCUT2D eigenvalue weighted by atomic mass is 32.2. The number of hydrogen-bond acceptors (Lipinski definition) is 9. The molecule has 2 aliphatic heterocycles. The molecular weight excluding hydrogens is 632 g/mol. The van der Waals surface area contributed by atoms with Crippen molar-refractivity contribution in [3.8, 4) is 18.2 Å². The average Bonchev–Trinajstić information content (AvgIpc) is 3.57. The van der Waals surface area contributed by atoms with Crippen molar-refractivity contribution < 1.29 is 45.0 Å². The summed E-state index contributed by atoms with van der Waals surface area (Å²) >= 11 is 0. The summed E-state index contributed by atoms with van der Waals surface area (Å²) in [6.45, 7) is 4.04. The first-order valence-electron chi connectivity index (χ1n) is 14.3. The smallest absolute Gasteiger partial charge is 0.451 e. The highest BCUT2D eigenvalue weighted by Gasteiger charge is 2.55. The number of anilines is 1. The second kappa shape index (κ2) is 10.5. The Hall–Kier alpha value is -4.45. The first-order valence-corrected chi connectivity index (χ1v) is 15.9. The summed E-state index contributed by atoms with van der Waals surface area (Å²) in [5, 5.41) is 10.4. The van der Waals surface area contributed by atoms with E-state index in [2.05, 4.69) is 20.9 Å². The normalized spacial score (nSPS) is 25.9. The number of rotatable bonds is 5. The number of pyridine rings is 1. The van der Waals surface area contributed by atoms with Crippen molar-refractivity contribution in [2.45, 2.75) is 62.4 Å². The second-order valence-corrected chi connectivity index (χ2v) is 15.0. The molecule has 2 saturated heterocycles. The van der Waals surface area contributed by atoms with Crippen molar-refractivity contribution >= 4 is 43.7 Å². The lowest BCUT2D eigenvalue weighted by Crippen LogP contribution is -2.51. The number of fused-ring (bicyclic) bond motifs is 3. The van der Waals surface area contributed by atoms with Gasteiger partial charge < -0.3 is 19.2 Å². The van der Waals surface area contributed by atoms with Gasteiger partial charge in [-0.2, -0.15) is 13.2 Å². The fourth-order valence-corrected chi connectivity index (χ4v) is 8.08. The third kappa shape index (κ3) is 5.08. The molecule has 6 rings (SSSR count). The molecule has 3 aromatic heterocycles. The number of carbonyl (C=O) groups is 1. The average molecular weight is 661 g/mol. The van der Waals surface area contributed by atoms with Gasteiger partial charge in [-0.25, -0.2) is 32.6 Å². The van der Waals surface area contributed by atoms with E-state index in [-0.39, 0.29) is 52.0 Å². The summed E-state index contributed by atoms with van der Waals surface area (Å²) in [7, 11) is -3.65. The molecule has 2 fully saturated rings. The van der Waals surface area contributed by atoms with Gasteiger partial charge in [-0.05, 0) is 32.0 Å². The Morgan fingerprint density at radius 3 is 2.63 bits per heavy atom. The van der Waals surface area contributed by atoms with Crippen LogP contribution in [0.15, 0.2) is 40.9 Å². The van der Waals surface area contributed by atoms with Gasteiger partial charge in [0.15, 0.2) is 21.2 Å². The summed E-state index contributed by atoms with van der Waals surface area (Å²) < 4.78 is 95.1. The van der Waals surface area contributed by atoms with Crippen molar-refractivity contribution in [3.63, 3.8) is 0 Å². The topological polar surface area (TPSA) is 136 Å². The first kappa shape index (κ1) is 31.5. The molecule has 0 bridgehead atoms. The molecule has 0 amide bonds. The molecule has 1 aromatic carbocycles. The van der Waals surface area contributed by atoms with E-state index in [1.807, 2.05) is 0 Å². The van der Waals surface area contributed by atoms with Crippen LogP contribution in [0.25, 0.3) is 22.1 Å². The molecule has 4 aromatic rings. The summed E-state index contributed by atoms with van der Waals surface area (Å²) in [4.78, 5) is 25.2. The predicted octanol–water partition coefficient (Wildman–Crippen LogP) is 5.28. The fourth-order valence-electron chi connectivity index (χ4n) is 6.28. The van der Waals surface area contributed by atoms with Gasteiger partial charge in [-0.15, -0.1) is 6.42 Å². The van der Waals surface area contributed by atoms with Crippen LogP contribution in [0.3, 0.4) is 0 Å². The minimum absolute atomic E-state index is 0.0928. The zero-order chi connectivity index (χ0) is 33.4. The van der Waals surface area contributed by atoms with E-state index in [4.69, 9.17) is 15.6 Å². The lowest BCUT2D eigenvalue weighted by Gasteiger charge is -2.44. The zero-order valence-electron chi connectivity index (χ0n) is 24.8. The molecule has 4 atom stereocenters. The lowest BCUT2D eigenvalue weighted by molar-refractivity contribution is -0.144. The van der Waals surface area contributed by atoms with Gasteiger partial charge in [0, 0.05) is 35.9 Å². The van der Waals surface area contributed by atoms with Gasteiger partial charge in [0.25, 0.3) is 0 Å². The summed E-state index contributed by atoms with van der Waals surface area (Å²) in [6.07, 6.45) is 0.184. The molecule has 46 heavy (non-hydrogen) atoms. The number of hydrogen-bond donors (Lipinski definition) is 1. The Kier molecular flexibility index (Phi) is 7.23. The van der Waals surface area contributed by atoms with Crippen LogP contribution in [-0.4, -0.2) is 63.6 Å². The molecule has 15 heteroatoms. The number of ether oxygens (including phenoxy) is 1. The minimum Gasteiger partial charge on any atom is -0.480 e. The Balaban J connectivity index is 1.42. The van der Waals surface area contributed by atoms with Gasteiger partial charge in [0.2, 0.25) is 11.7 Å². The van der Waals surface area contributed by atoms with Crippen LogP contribution in [0.2, 0.25) is 0 Å². The number of nitrogens with zero attached hydrogens (tertiary/aromatic N) is 4. The van der Waals surface area contributed by atoms with E-state index in [9.17, 15) is 31.5 Å². The van der Waals surface area contributed by atoms with Gasteiger partial charge in [-0.1, -0.05) is 25.0 Å². The lowest BCUT2D eigenvalue weighted by atomic mass is 9.78. The minimum atomic E-state index is -4.96. The van der Waals surface area contributed by atoms with Crippen molar-refractivity contribution in [2.75, 3.05) is 17.2 Å². The van der Waals surface area contributed by atoms with Gasteiger partial charge in [-0.3, -0.25) is 0 Å². The Morgan fingerprint density at radius 2 is 1.96 bits per heavy atom. The van der Waals surface area contributed by atoms with E-state index < -0.39 is 74.3 Å². The molecule has 242 valence electrons. The molecule has 0 aliphatic carbocycles. The van der Waals surface area contributed by atoms with Gasteiger partial charge >= 0.3 is 12.1 Å². The summed E-state index contributed by atoms with van der Waals surface area (Å²) in [5.74, 6) is -2.54. The number of furan rings is 1. The van der Waals surface area contributed by atoms with Crippen molar-refractivity contribution in [1.29, 1.82) is 0 Å². The third-order valence-electron chi connectivity index (χ3n) is 8.79. The second-order valence-electron chi connectivity index (χ2n) is 12.3. The largest absolute Gasteiger partial charge is 0.480 e. The SMILES string of the molecule is C#Cc1cnc(O[C@H]2C[C@@H](C(=O)O)N(c3nc(C(F)(F)F)nc4c3oc3ccccc34)C2)c([C@@]2(F)CC(C)(C)S(=O)(=O)C[C@@H]2C)c1. The fraction of sp³-hybridized carbons (Fsp3) is 0.419. The monoisotopic (exact) mass is 660 g/mol. The molecule has 0 saturated carbocycles. The maximum Gasteiger partial charge on any atom is 0.451 e. The van der Waals surface area contributed by atoms with E-state index in [1.54, 1.807) is 12.1 Å². The van der Waals surface area contributed by atoms with Crippen LogP contribution in [-0.2, 0) is 26.5 Å². The number of sulfone groups is 1. The molecule has 0 spiro atoms. The molecule has 5 heterocycles. The van der Waals surface area contributed by atoms with Crippen LogP contribution < -0.4 is 9.64 Å². The Labute approximate surface area is 260 Å². The van der Waals surface area contributed by atoms with Crippen molar-refractivity contribution in [1.82, 2.24) is 15.0 Å². The molecular formula is C31H28F4N4O6S. The number of terminal acetylenes is 1. The van der Waals surface area contributed by atoms with Crippen LogP contribution in [0.1, 0.15) is 50.6 Å². The van der Waals surface area contributed by atoms with E-state index >= 15 is 4.39 Å². The van der Waals surface area contributed by atoms with Gasteiger partial charge in [0.05, 0.1) is 22.6 Å². The number of carboxylic acids is 1. The van der Waals surface area contributed by atoms with Crippen LogP contribution in [0.5, 0.6) is 5.88 Å². The standard InChI is InChI=1S/C31H28F4N4O6S/c1-5-17-10-20(30(32)15-29(3,4)46(42,43)14-16(30)2)26(36-12-17)44-18-11-21(27(40)41)39(13-18)25-24-23(37-28(38-25)31(33,34)35)19-8-6-7-9-22(19)45-24/h1,6-10,12,16,18,21H,11,13-15H2,2-4H3,(H,40,41)/t16-,18-,21-,30+/m0/s1. The highest BCUT2D eigenvalue weighted by molar-refractivity contribution is 7.92. The number of halogens is 4. The molecule has 0 radical (unpaired) electrons. The molecule has 10 nitrogen and oxygen atoms in total. The van der Waals surface area contributed by atoms with Crippen molar-refractivity contribution in [2.24, 2.45) is 5.92 Å². The summed E-state index contributed by atoms with van der Waals surface area (Å²) in [5.41, 5.74) is -2.18. The third-order valence-corrected chi connectivity index (χ3v) is 11.6. The van der Waals surface area contributed by atoms with Crippen LogP contribution >= 0.6 is 0 Å². The van der Waals surface area contributed by atoms with Crippen molar-refractivity contribution in [3.05, 3.63) is 53.5 Å². The predicted molar refractivity (Wildman–Crippen MR) is 159 cm³/mol. The molecule has 0 unspecified atom stereocenters. The zero-order valence-corrected chi connectivity index (χ0v) is 25.6. The highest BCUT2D eigenvalue weighted by Crippen LogP contribution is 2.51. The van der Waals surface area contributed by atoms with E-state index in [1.165, 1.54) is 45.2 Å². The number of carboxylic acid groups (broad SMARTS) is 1. The first-order chi connectivity index (χ1) is 21.4. The number of para-hydroxylation sites is 1. The quantitative estimate of drug-likeness (QED) is 0.223. The Bertz CT molecular complexity index is 2040. The number of aliphatic carboxylic acids is 1. The number of alkyl halides is 4. The summed E-state index contributed by atoms with van der Waals surface area (Å²) in [6, 6.07) is 6.23. The molecule has 2 aliphatic rings. The Morgan fingerprint density at radius 1 is 1.24 bits per heavy atom. The maximum atomic E-state index is 17.1. The number of aromatic nitrogens is 3. The van der Waals surface area contributed by atoms with Crippen LogP contribution in [0, 0.1) is 18.3 Å². The van der Waals surface area contributed by atoms with Gasteiger partial charge in [0.1, 0.15) is 28.9 Å². The maximum absolute atomic E-state index is 17.1. The molecule has 1 N–H and O–H groups in total. The van der Waals surface area contributed by atoms with Crippen LogP contribution in [0.4, 0.5) is 23.4 Å². The van der Waals surface area contributed by atoms with E-state index in [0.29, 0.717) is 0 Å². The van der Waals surface area contributed by atoms with E-state index in [0.717, 1.165) is 4.90 Å². The number of benzene rings is 1.